The van der Waals surface area contributed by atoms with E-state index in [1.165, 1.54) is 61.7 Å². The fourth-order valence-corrected chi connectivity index (χ4v) is 3.31. The van der Waals surface area contributed by atoms with Gasteiger partial charge in [-0.25, -0.2) is 0 Å². The van der Waals surface area contributed by atoms with Crippen LogP contribution >= 0.6 is 11.3 Å². The SMILES string of the molecule is CCCCCCCCC[n+]1csc2ccccc21. The molecule has 0 atom stereocenters. The van der Waals surface area contributed by atoms with Gasteiger partial charge in [0.05, 0.1) is 0 Å². The summed E-state index contributed by atoms with van der Waals surface area (Å²) in [7, 11) is 0. The van der Waals surface area contributed by atoms with E-state index in [9.17, 15) is 0 Å². The molecule has 0 saturated heterocycles. The maximum Gasteiger partial charge on any atom is 0.225 e. The summed E-state index contributed by atoms with van der Waals surface area (Å²) in [6.45, 7) is 3.45. The fourth-order valence-electron chi connectivity index (χ4n) is 2.38. The van der Waals surface area contributed by atoms with Crippen molar-refractivity contribution in [3.8, 4) is 0 Å². The molecule has 0 amide bonds. The van der Waals surface area contributed by atoms with Gasteiger partial charge in [-0.15, -0.1) is 0 Å². The minimum Gasteiger partial charge on any atom is -0.188 e. The van der Waals surface area contributed by atoms with Crippen molar-refractivity contribution in [3.63, 3.8) is 0 Å². The average Bonchev–Trinajstić information content (AvgIpc) is 2.81. The van der Waals surface area contributed by atoms with Gasteiger partial charge in [0.25, 0.3) is 0 Å². The van der Waals surface area contributed by atoms with Crippen molar-refractivity contribution >= 4 is 21.6 Å². The van der Waals surface area contributed by atoms with Crippen molar-refractivity contribution in [1.82, 2.24) is 0 Å². The highest BCUT2D eigenvalue weighted by molar-refractivity contribution is 7.16. The number of thiazole rings is 1. The lowest BCUT2D eigenvalue weighted by atomic mass is 10.1. The average molecular weight is 262 g/mol. The Morgan fingerprint density at radius 2 is 1.67 bits per heavy atom. The number of para-hydroxylation sites is 1. The number of aromatic nitrogens is 1. The van der Waals surface area contributed by atoms with Crippen LogP contribution in [0, 0.1) is 0 Å². The molecule has 1 nitrogen and oxygen atoms in total. The van der Waals surface area contributed by atoms with Gasteiger partial charge in [-0.1, -0.05) is 62.5 Å². The van der Waals surface area contributed by atoms with Gasteiger partial charge in [-0.3, -0.25) is 0 Å². The Bertz CT molecular complexity index is 461. The third-order valence-electron chi connectivity index (χ3n) is 3.48. The molecule has 0 saturated carbocycles. The van der Waals surface area contributed by atoms with Crippen LogP contribution in [0.25, 0.3) is 10.2 Å². The van der Waals surface area contributed by atoms with Crippen LogP contribution in [0.5, 0.6) is 0 Å². The van der Waals surface area contributed by atoms with Gasteiger partial charge in [0.1, 0.15) is 11.2 Å². The number of fused-ring (bicyclic) bond motifs is 1. The van der Waals surface area contributed by atoms with E-state index in [1.807, 2.05) is 11.3 Å². The molecule has 1 heterocycles. The second kappa shape index (κ2) is 7.52. The predicted octanol–water partition coefficient (Wildman–Crippen LogP) is 4.94. The molecule has 0 N–H and O–H groups in total. The first-order valence-electron chi connectivity index (χ1n) is 7.27. The highest BCUT2D eigenvalue weighted by Gasteiger charge is 2.09. The second-order valence-corrected chi connectivity index (χ2v) is 5.89. The smallest absolute Gasteiger partial charge is 0.188 e. The zero-order chi connectivity index (χ0) is 12.6. The summed E-state index contributed by atoms with van der Waals surface area (Å²) in [5, 5.41) is 0. The van der Waals surface area contributed by atoms with Crippen molar-refractivity contribution in [2.24, 2.45) is 0 Å². The van der Waals surface area contributed by atoms with E-state index >= 15 is 0 Å². The molecule has 0 unspecified atom stereocenters. The summed E-state index contributed by atoms with van der Waals surface area (Å²) in [6.07, 6.45) is 9.69. The Kier molecular flexibility index (Phi) is 5.66. The first kappa shape index (κ1) is 13.5. The number of aryl methyl sites for hydroxylation is 1. The highest BCUT2D eigenvalue weighted by atomic mass is 32.1. The number of hydrogen-bond donors (Lipinski definition) is 0. The summed E-state index contributed by atoms with van der Waals surface area (Å²) in [5.74, 6) is 0. The predicted molar refractivity (Wildman–Crippen MR) is 80.0 cm³/mol. The quantitative estimate of drug-likeness (QED) is 0.468. The van der Waals surface area contributed by atoms with Crippen LogP contribution in [0.15, 0.2) is 29.8 Å². The Balaban J connectivity index is 1.70. The topological polar surface area (TPSA) is 3.88 Å². The van der Waals surface area contributed by atoms with Gasteiger partial charge < -0.3 is 0 Å². The zero-order valence-corrected chi connectivity index (χ0v) is 12.2. The van der Waals surface area contributed by atoms with Crippen LogP contribution < -0.4 is 4.57 Å². The number of unbranched alkanes of at least 4 members (excludes halogenated alkanes) is 6. The van der Waals surface area contributed by atoms with E-state index in [0.29, 0.717) is 0 Å². The van der Waals surface area contributed by atoms with Gasteiger partial charge >= 0.3 is 0 Å². The van der Waals surface area contributed by atoms with Gasteiger partial charge in [-0.2, -0.15) is 4.57 Å². The van der Waals surface area contributed by atoms with Crippen LogP contribution in [0.3, 0.4) is 0 Å². The van der Waals surface area contributed by atoms with E-state index in [4.69, 9.17) is 0 Å². The summed E-state index contributed by atoms with van der Waals surface area (Å²) >= 11 is 1.85. The van der Waals surface area contributed by atoms with Crippen molar-refractivity contribution in [2.45, 2.75) is 58.4 Å². The summed E-state index contributed by atoms with van der Waals surface area (Å²) < 4.78 is 3.81. The zero-order valence-electron chi connectivity index (χ0n) is 11.4. The molecule has 18 heavy (non-hydrogen) atoms. The molecular weight excluding hydrogens is 238 g/mol. The third-order valence-corrected chi connectivity index (χ3v) is 4.44. The standard InChI is InChI=1S/C16H24NS/c1-2-3-4-5-6-7-10-13-17-14-18-16-12-9-8-11-15(16)17/h8-9,11-12,14H,2-7,10,13H2,1H3/q+1. The lowest BCUT2D eigenvalue weighted by Gasteiger charge is -1.98. The fraction of sp³-hybridized carbons (Fsp3) is 0.562. The van der Waals surface area contributed by atoms with Crippen LogP contribution in [0.1, 0.15) is 51.9 Å². The molecule has 0 bridgehead atoms. The normalized spacial score (nSPS) is 11.2. The van der Waals surface area contributed by atoms with Crippen LogP contribution in [-0.4, -0.2) is 0 Å². The van der Waals surface area contributed by atoms with E-state index < -0.39 is 0 Å². The number of rotatable bonds is 8. The van der Waals surface area contributed by atoms with E-state index in [-0.39, 0.29) is 0 Å². The molecular formula is C16H24NS+. The van der Waals surface area contributed by atoms with Gasteiger partial charge in [0, 0.05) is 12.5 Å². The Morgan fingerprint density at radius 1 is 0.944 bits per heavy atom. The minimum atomic E-state index is 1.18. The molecule has 98 valence electrons. The molecule has 1 aromatic heterocycles. The van der Waals surface area contributed by atoms with E-state index in [1.54, 1.807) is 0 Å². The first-order chi connectivity index (χ1) is 8.92. The molecule has 0 aliphatic carbocycles. The van der Waals surface area contributed by atoms with E-state index in [2.05, 4.69) is 41.3 Å². The molecule has 0 spiro atoms. The third kappa shape index (κ3) is 3.81. The molecule has 2 heteroatoms. The highest BCUT2D eigenvalue weighted by Crippen LogP contribution is 2.15. The van der Waals surface area contributed by atoms with E-state index in [0.717, 1.165) is 0 Å². The largest absolute Gasteiger partial charge is 0.225 e. The minimum absolute atomic E-state index is 1.18. The molecule has 2 aromatic rings. The van der Waals surface area contributed by atoms with Crippen LogP contribution in [0.4, 0.5) is 0 Å². The van der Waals surface area contributed by atoms with Crippen molar-refractivity contribution in [1.29, 1.82) is 0 Å². The monoisotopic (exact) mass is 262 g/mol. The molecule has 0 aliphatic rings. The maximum atomic E-state index is 2.41. The van der Waals surface area contributed by atoms with Crippen molar-refractivity contribution in [3.05, 3.63) is 29.8 Å². The Hall–Kier alpha value is -0.890. The summed E-state index contributed by atoms with van der Waals surface area (Å²) in [5.41, 5.74) is 3.66. The van der Waals surface area contributed by atoms with Crippen LogP contribution in [0.2, 0.25) is 0 Å². The number of benzene rings is 1. The number of nitrogens with zero attached hydrogens (tertiary/aromatic N) is 1. The second-order valence-electron chi connectivity index (χ2n) is 5.01. The Morgan fingerprint density at radius 3 is 2.50 bits per heavy atom. The number of hydrogen-bond acceptors (Lipinski definition) is 1. The summed E-state index contributed by atoms with van der Waals surface area (Å²) in [4.78, 5) is 0. The molecule has 0 aliphatic heterocycles. The van der Waals surface area contributed by atoms with Gasteiger partial charge in [0.2, 0.25) is 11.0 Å². The maximum absolute atomic E-state index is 2.41. The molecule has 0 fully saturated rings. The molecule has 1 aromatic carbocycles. The summed E-state index contributed by atoms with van der Waals surface area (Å²) in [6, 6.07) is 8.70. The van der Waals surface area contributed by atoms with Gasteiger partial charge in [-0.05, 0) is 12.5 Å². The van der Waals surface area contributed by atoms with Crippen molar-refractivity contribution < 1.29 is 4.57 Å². The van der Waals surface area contributed by atoms with Gasteiger partial charge in [0.15, 0.2) is 0 Å². The lowest BCUT2D eigenvalue weighted by Crippen LogP contribution is -2.31. The lowest BCUT2D eigenvalue weighted by molar-refractivity contribution is -0.667. The molecule has 2 rings (SSSR count). The Labute approximate surface area is 114 Å². The van der Waals surface area contributed by atoms with Crippen LogP contribution in [-0.2, 0) is 6.54 Å². The molecule has 0 radical (unpaired) electrons. The van der Waals surface area contributed by atoms with Crippen molar-refractivity contribution in [2.75, 3.05) is 0 Å². The first-order valence-corrected chi connectivity index (χ1v) is 8.15.